The van der Waals surface area contributed by atoms with E-state index in [-0.39, 0.29) is 0 Å². The second kappa shape index (κ2) is 16.7. The van der Waals surface area contributed by atoms with Crippen LogP contribution in [0.15, 0.2) is 227 Å². The molecule has 5 nitrogen and oxygen atoms in total. The van der Waals surface area contributed by atoms with Crippen LogP contribution < -0.4 is 0 Å². The summed E-state index contributed by atoms with van der Waals surface area (Å²) in [5.41, 5.74) is 11.7. The SMILES string of the molecule is CC(C)(C)c1c(-n2c3ccccc3c3ccc4c5ccccc5oc4c32)c(-c2ccccc2F)c(C(C)(C)n2c3ccccc3c3ccccc32)c(-c2ccccc2F)c1-n1c2ccccc2c2ccc3c4ccccc4oc3c21. The first-order valence-corrected chi connectivity index (χ1v) is 27.4. The minimum absolute atomic E-state index is 0.380. The first-order valence-electron chi connectivity index (χ1n) is 27.4. The quantitative estimate of drug-likeness (QED) is 0.167. The lowest BCUT2D eigenvalue weighted by Crippen LogP contribution is -2.32. The van der Waals surface area contributed by atoms with Gasteiger partial charge in [-0.15, -0.1) is 0 Å². The number of rotatable bonds is 6. The monoisotopic (exact) mass is 1040 g/mol. The lowest BCUT2D eigenvalue weighted by atomic mass is 9.72. The van der Waals surface area contributed by atoms with E-state index in [9.17, 15) is 0 Å². The molecule has 16 aromatic rings. The first-order chi connectivity index (χ1) is 39.0. The number of hydrogen-bond donors (Lipinski definition) is 0. The fraction of sp³-hybridized carbons (Fsp3) is 0.0959. The summed E-state index contributed by atoms with van der Waals surface area (Å²) < 4.78 is 58.0. The van der Waals surface area contributed by atoms with Crippen LogP contribution in [0.2, 0.25) is 0 Å². The third-order valence-corrected chi connectivity index (χ3v) is 17.0. The number of furan rings is 2. The van der Waals surface area contributed by atoms with Gasteiger partial charge in [-0.05, 0) is 85.5 Å². The van der Waals surface area contributed by atoms with Gasteiger partial charge in [-0.25, -0.2) is 8.78 Å². The van der Waals surface area contributed by atoms with Crippen molar-refractivity contribution in [3.63, 3.8) is 0 Å². The summed E-state index contributed by atoms with van der Waals surface area (Å²) >= 11 is 0. The highest BCUT2D eigenvalue weighted by molar-refractivity contribution is 6.24. The molecule has 0 fully saturated rings. The molecule has 384 valence electrons. The van der Waals surface area contributed by atoms with Crippen molar-refractivity contribution in [1.29, 1.82) is 0 Å². The average Bonchev–Trinajstić information content (AvgIpc) is 4.30. The number of nitrogens with zero attached hydrogens (tertiary/aromatic N) is 3. The van der Waals surface area contributed by atoms with E-state index >= 15 is 8.78 Å². The number of hydrogen-bond acceptors (Lipinski definition) is 2. The van der Waals surface area contributed by atoms with Gasteiger partial charge in [-0.1, -0.05) is 178 Å². The molecule has 7 heteroatoms. The molecule has 16 rings (SSSR count). The van der Waals surface area contributed by atoms with Crippen molar-refractivity contribution in [2.24, 2.45) is 0 Å². The first kappa shape index (κ1) is 46.4. The molecule has 0 N–H and O–H groups in total. The molecule has 0 spiro atoms. The highest BCUT2D eigenvalue weighted by Gasteiger charge is 2.43. The van der Waals surface area contributed by atoms with E-state index in [1.165, 1.54) is 0 Å². The second-order valence-electron chi connectivity index (χ2n) is 22.9. The Balaban J connectivity index is 1.27. The average molecular weight is 1040 g/mol. The Morgan fingerprint density at radius 2 is 0.662 bits per heavy atom. The second-order valence-corrected chi connectivity index (χ2v) is 22.9. The van der Waals surface area contributed by atoms with Crippen LogP contribution in [0.5, 0.6) is 0 Å². The molecule has 0 amide bonds. The molecule has 0 aliphatic rings. The van der Waals surface area contributed by atoms with Crippen LogP contribution in [0.1, 0.15) is 45.7 Å². The van der Waals surface area contributed by atoms with Crippen molar-refractivity contribution in [3.05, 3.63) is 241 Å². The standard InChI is InChI=1S/C73H51F2N3O2/c1-72(2,3)65-68(76-56-32-16-8-24-44(56)48-38-40-50-46-26-12-20-36-60(46)79-70(50)66(48)76)62(52-28-6-14-30-54(52)74)64(73(4,5)78-58-34-18-10-22-42(58)43-23-11-19-35-59(43)78)63(53-29-7-15-31-55(53)75)69(65)77-57-33-17-9-25-45(57)49-39-41-51-47-27-13-21-37-61(47)80-71(51)67(49)77/h6-41H,1-5H3. The Morgan fingerprint density at radius 3 is 1.07 bits per heavy atom. The normalized spacial score (nSPS) is 12.7. The van der Waals surface area contributed by atoms with Crippen molar-refractivity contribution < 1.29 is 17.6 Å². The van der Waals surface area contributed by atoms with E-state index in [2.05, 4.69) is 182 Å². The van der Waals surface area contributed by atoms with Crippen LogP contribution in [-0.4, -0.2) is 13.7 Å². The van der Waals surface area contributed by atoms with E-state index in [0.717, 1.165) is 121 Å². The van der Waals surface area contributed by atoms with Gasteiger partial charge in [0.25, 0.3) is 0 Å². The van der Waals surface area contributed by atoms with Crippen molar-refractivity contribution in [1.82, 2.24) is 13.7 Å². The maximum absolute atomic E-state index is 18.3. The van der Waals surface area contributed by atoms with Gasteiger partial charge in [0.15, 0.2) is 11.2 Å². The molecule has 5 aromatic heterocycles. The van der Waals surface area contributed by atoms with Crippen LogP contribution in [-0.2, 0) is 11.0 Å². The Kier molecular flexibility index (Phi) is 9.65. The summed E-state index contributed by atoms with van der Waals surface area (Å²) in [6, 6.07) is 73.4. The van der Waals surface area contributed by atoms with E-state index in [1.807, 2.05) is 60.7 Å². The summed E-state index contributed by atoms with van der Waals surface area (Å²) in [6.45, 7) is 11.2. The van der Waals surface area contributed by atoms with E-state index < -0.39 is 22.6 Å². The van der Waals surface area contributed by atoms with Gasteiger partial charge >= 0.3 is 0 Å². The predicted molar refractivity (Wildman–Crippen MR) is 327 cm³/mol. The van der Waals surface area contributed by atoms with Gasteiger partial charge in [0, 0.05) is 92.7 Å². The van der Waals surface area contributed by atoms with Gasteiger partial charge < -0.3 is 22.5 Å². The number of benzene rings is 11. The summed E-state index contributed by atoms with van der Waals surface area (Å²) in [5.74, 6) is -0.814. The molecule has 0 unspecified atom stereocenters. The highest BCUT2D eigenvalue weighted by atomic mass is 19.1. The van der Waals surface area contributed by atoms with Crippen molar-refractivity contribution in [2.75, 3.05) is 0 Å². The fourth-order valence-corrected chi connectivity index (χ4v) is 13.9. The van der Waals surface area contributed by atoms with Gasteiger partial charge in [-0.2, -0.15) is 0 Å². The number of para-hydroxylation sites is 6. The molecule has 0 atom stereocenters. The van der Waals surface area contributed by atoms with Crippen LogP contribution >= 0.6 is 0 Å². The van der Waals surface area contributed by atoms with Crippen LogP contribution in [0.4, 0.5) is 8.78 Å². The highest BCUT2D eigenvalue weighted by Crippen LogP contribution is 2.57. The lowest BCUT2D eigenvalue weighted by molar-refractivity contribution is 0.465. The van der Waals surface area contributed by atoms with E-state index in [0.29, 0.717) is 33.4 Å². The van der Waals surface area contributed by atoms with Gasteiger partial charge in [0.1, 0.15) is 22.8 Å². The zero-order valence-corrected chi connectivity index (χ0v) is 44.7. The molecule has 0 aliphatic carbocycles. The fourth-order valence-electron chi connectivity index (χ4n) is 13.9. The summed E-state index contributed by atoms with van der Waals surface area (Å²) in [4.78, 5) is 0. The van der Waals surface area contributed by atoms with E-state index in [1.54, 1.807) is 24.3 Å². The summed E-state index contributed by atoms with van der Waals surface area (Å²) in [7, 11) is 0. The molecular weight excluding hydrogens is 989 g/mol. The molecule has 0 bridgehead atoms. The molecule has 5 heterocycles. The van der Waals surface area contributed by atoms with Crippen molar-refractivity contribution in [2.45, 2.75) is 45.6 Å². The largest absolute Gasteiger partial charge is 0.454 e. The topological polar surface area (TPSA) is 41.1 Å². The Hall–Kier alpha value is -9.72. The number of aromatic nitrogens is 3. The van der Waals surface area contributed by atoms with Crippen LogP contribution in [0.25, 0.3) is 143 Å². The molecule has 11 aromatic carbocycles. The third-order valence-electron chi connectivity index (χ3n) is 17.0. The molecule has 80 heavy (non-hydrogen) atoms. The van der Waals surface area contributed by atoms with Crippen molar-refractivity contribution >= 4 is 109 Å². The molecular formula is C73H51F2N3O2. The Morgan fingerprint density at radius 1 is 0.325 bits per heavy atom. The lowest BCUT2D eigenvalue weighted by Gasteiger charge is -2.40. The predicted octanol–water partition coefficient (Wildman–Crippen LogP) is 20.5. The number of halogens is 2. The molecule has 0 saturated carbocycles. The molecule has 0 radical (unpaired) electrons. The van der Waals surface area contributed by atoms with Gasteiger partial charge in [0.05, 0.1) is 39.0 Å². The van der Waals surface area contributed by atoms with E-state index in [4.69, 9.17) is 8.83 Å². The van der Waals surface area contributed by atoms with Crippen LogP contribution in [0, 0.1) is 11.6 Å². The molecule has 0 aliphatic heterocycles. The zero-order chi connectivity index (χ0) is 53.9. The van der Waals surface area contributed by atoms with Gasteiger partial charge in [-0.3, -0.25) is 0 Å². The van der Waals surface area contributed by atoms with Crippen LogP contribution in [0.3, 0.4) is 0 Å². The Bertz CT molecular complexity index is 4990. The maximum atomic E-state index is 18.3. The smallest absolute Gasteiger partial charge is 0.160 e. The minimum atomic E-state index is -1.11. The minimum Gasteiger partial charge on any atom is -0.454 e. The van der Waals surface area contributed by atoms with Crippen molar-refractivity contribution in [3.8, 4) is 33.6 Å². The Labute approximate surface area is 458 Å². The maximum Gasteiger partial charge on any atom is 0.160 e. The third kappa shape index (κ3) is 6.26. The number of fused-ring (bicyclic) bond motifs is 17. The van der Waals surface area contributed by atoms with Gasteiger partial charge in [0.2, 0.25) is 0 Å². The molecule has 0 saturated heterocycles. The summed E-state index contributed by atoms with van der Waals surface area (Å²) in [6.07, 6.45) is 0. The summed E-state index contributed by atoms with van der Waals surface area (Å²) in [5, 5.41) is 10.0. The zero-order valence-electron chi connectivity index (χ0n) is 44.7.